The average Bonchev–Trinajstić information content (AvgIpc) is 3.04. The van der Waals surface area contributed by atoms with E-state index in [4.69, 9.17) is 4.74 Å². The van der Waals surface area contributed by atoms with Crippen molar-refractivity contribution in [3.63, 3.8) is 0 Å². The van der Waals surface area contributed by atoms with Gasteiger partial charge in [-0.2, -0.15) is 5.10 Å². The Morgan fingerprint density at radius 3 is 2.65 bits per heavy atom. The maximum Gasteiger partial charge on any atom is 0.259 e. The quantitative estimate of drug-likeness (QED) is 0.209. The molecule has 2 aromatic rings. The number of ether oxygens (including phenoxy) is 1. The third-order valence-corrected chi connectivity index (χ3v) is 4.47. The summed E-state index contributed by atoms with van der Waals surface area (Å²) in [6.07, 6.45) is 0.954. The van der Waals surface area contributed by atoms with Crippen LogP contribution in [0.25, 0.3) is 0 Å². The first-order valence-electron chi connectivity index (χ1n) is 10.3. The molecule has 172 valence electrons. The Labute approximate surface area is 202 Å². The molecule has 1 heterocycles. The van der Waals surface area contributed by atoms with Crippen molar-refractivity contribution in [2.45, 2.75) is 40.3 Å². The number of nitrogens with zero attached hydrogens (tertiary/aromatic N) is 4. The van der Waals surface area contributed by atoms with Crippen LogP contribution in [0.3, 0.4) is 0 Å². The van der Waals surface area contributed by atoms with Gasteiger partial charge in [-0.15, -0.1) is 24.0 Å². The summed E-state index contributed by atoms with van der Waals surface area (Å²) in [7, 11) is 3.42. The number of aliphatic imine (C=N–C) groups is 1. The zero-order chi connectivity index (χ0) is 21.9. The minimum Gasteiger partial charge on any atom is -0.484 e. The van der Waals surface area contributed by atoms with Crippen LogP contribution in [0.1, 0.15) is 30.3 Å². The number of benzene rings is 1. The predicted octanol–water partition coefficient (Wildman–Crippen LogP) is 2.73. The molecule has 0 unspecified atom stereocenters. The first kappa shape index (κ1) is 26.7. The summed E-state index contributed by atoms with van der Waals surface area (Å²) in [5.41, 5.74) is 3.25. The molecule has 2 N–H and O–H groups in total. The lowest BCUT2D eigenvalue weighted by atomic mass is 10.2. The van der Waals surface area contributed by atoms with Gasteiger partial charge in [0, 0.05) is 39.4 Å². The number of aryl methyl sites for hydroxylation is 3. The number of halogens is 1. The van der Waals surface area contributed by atoms with E-state index in [1.165, 1.54) is 10.6 Å². The summed E-state index contributed by atoms with van der Waals surface area (Å²) in [4.78, 5) is 17.8. The lowest BCUT2D eigenvalue weighted by molar-refractivity contribution is -0.130. The van der Waals surface area contributed by atoms with Crippen molar-refractivity contribution in [2.75, 3.05) is 33.8 Å². The third-order valence-electron chi connectivity index (χ3n) is 4.47. The highest BCUT2D eigenvalue weighted by molar-refractivity contribution is 14.0. The Balaban J connectivity index is 0.00000480. The van der Waals surface area contributed by atoms with Gasteiger partial charge < -0.3 is 20.3 Å². The van der Waals surface area contributed by atoms with Crippen molar-refractivity contribution in [3.05, 3.63) is 47.3 Å². The number of nitrogens with one attached hydrogen (secondary N) is 2. The Morgan fingerprint density at radius 1 is 1.23 bits per heavy atom. The van der Waals surface area contributed by atoms with Crippen molar-refractivity contribution in [2.24, 2.45) is 4.99 Å². The largest absolute Gasteiger partial charge is 0.484 e. The van der Waals surface area contributed by atoms with E-state index in [1.807, 2.05) is 42.8 Å². The maximum absolute atomic E-state index is 11.7. The molecule has 9 heteroatoms. The van der Waals surface area contributed by atoms with Crippen LogP contribution in [0, 0.1) is 13.8 Å². The van der Waals surface area contributed by atoms with E-state index in [0.717, 1.165) is 43.3 Å². The summed E-state index contributed by atoms with van der Waals surface area (Å²) in [5.74, 6) is 1.37. The van der Waals surface area contributed by atoms with Gasteiger partial charge in [0.15, 0.2) is 12.6 Å². The van der Waals surface area contributed by atoms with E-state index < -0.39 is 0 Å². The zero-order valence-corrected chi connectivity index (χ0v) is 21.5. The minimum atomic E-state index is -0.0717. The number of amides is 1. The SMILES string of the molecule is CCNC(=NCc1cccc(OCC(=O)N(C)C)c1)NCCCn1nc(C)cc1C.I. The summed E-state index contributed by atoms with van der Waals surface area (Å²) >= 11 is 0. The van der Waals surface area contributed by atoms with E-state index in [1.54, 1.807) is 14.1 Å². The lowest BCUT2D eigenvalue weighted by Crippen LogP contribution is -2.38. The monoisotopic (exact) mass is 542 g/mol. The molecule has 1 aromatic carbocycles. The lowest BCUT2D eigenvalue weighted by Gasteiger charge is -2.13. The van der Waals surface area contributed by atoms with Crippen LogP contribution >= 0.6 is 24.0 Å². The Morgan fingerprint density at radius 2 is 2.00 bits per heavy atom. The van der Waals surface area contributed by atoms with Gasteiger partial charge in [-0.05, 0) is 51.0 Å². The summed E-state index contributed by atoms with van der Waals surface area (Å²) in [6.45, 7) is 9.15. The Hall–Kier alpha value is -2.30. The van der Waals surface area contributed by atoms with Gasteiger partial charge >= 0.3 is 0 Å². The molecule has 2 rings (SSSR count). The van der Waals surface area contributed by atoms with Crippen LogP contribution in [0.15, 0.2) is 35.3 Å². The molecule has 0 fully saturated rings. The van der Waals surface area contributed by atoms with E-state index >= 15 is 0 Å². The third kappa shape index (κ3) is 9.58. The number of carbonyl (C=O) groups is 1. The number of likely N-dealkylation sites (N-methyl/N-ethyl adjacent to an activating group) is 1. The second kappa shape index (κ2) is 13.9. The van der Waals surface area contributed by atoms with Crippen molar-refractivity contribution in [1.29, 1.82) is 0 Å². The fourth-order valence-electron chi connectivity index (χ4n) is 2.86. The average molecular weight is 542 g/mol. The molecule has 31 heavy (non-hydrogen) atoms. The number of hydrogen-bond acceptors (Lipinski definition) is 4. The van der Waals surface area contributed by atoms with E-state index in [0.29, 0.717) is 12.3 Å². The smallest absolute Gasteiger partial charge is 0.259 e. The second-order valence-corrected chi connectivity index (χ2v) is 7.35. The molecule has 1 amide bonds. The predicted molar refractivity (Wildman–Crippen MR) is 135 cm³/mol. The van der Waals surface area contributed by atoms with Gasteiger partial charge in [0.2, 0.25) is 0 Å². The van der Waals surface area contributed by atoms with E-state index in [-0.39, 0.29) is 36.5 Å². The van der Waals surface area contributed by atoms with E-state index in [9.17, 15) is 4.79 Å². The van der Waals surface area contributed by atoms with Crippen LogP contribution in [0.4, 0.5) is 0 Å². The van der Waals surface area contributed by atoms with Crippen LogP contribution in [0.5, 0.6) is 5.75 Å². The summed E-state index contributed by atoms with van der Waals surface area (Å²) in [5, 5.41) is 11.1. The Kier molecular flexibility index (Phi) is 12.0. The molecule has 0 aliphatic carbocycles. The van der Waals surface area contributed by atoms with Crippen LogP contribution in [0.2, 0.25) is 0 Å². The van der Waals surface area contributed by atoms with Gasteiger partial charge in [-0.1, -0.05) is 12.1 Å². The highest BCUT2D eigenvalue weighted by Crippen LogP contribution is 2.14. The highest BCUT2D eigenvalue weighted by atomic mass is 127. The molecule has 8 nitrogen and oxygen atoms in total. The molecule has 0 saturated carbocycles. The van der Waals surface area contributed by atoms with Crippen molar-refractivity contribution >= 4 is 35.8 Å². The fourth-order valence-corrected chi connectivity index (χ4v) is 2.86. The van der Waals surface area contributed by atoms with Crippen molar-refractivity contribution < 1.29 is 9.53 Å². The van der Waals surface area contributed by atoms with Crippen molar-refractivity contribution in [3.8, 4) is 5.75 Å². The molecular weight excluding hydrogens is 507 g/mol. The molecule has 0 aliphatic heterocycles. The highest BCUT2D eigenvalue weighted by Gasteiger charge is 2.06. The molecule has 0 saturated heterocycles. The molecule has 0 bridgehead atoms. The van der Waals surface area contributed by atoms with Crippen LogP contribution in [-0.4, -0.2) is 60.3 Å². The Bertz CT molecular complexity index is 850. The number of aromatic nitrogens is 2. The molecule has 0 radical (unpaired) electrons. The summed E-state index contributed by atoms with van der Waals surface area (Å²) in [6, 6.07) is 9.76. The summed E-state index contributed by atoms with van der Waals surface area (Å²) < 4.78 is 7.61. The van der Waals surface area contributed by atoms with Gasteiger partial charge in [-0.3, -0.25) is 9.48 Å². The van der Waals surface area contributed by atoms with Gasteiger partial charge in [0.25, 0.3) is 5.91 Å². The minimum absolute atomic E-state index is 0. The van der Waals surface area contributed by atoms with E-state index in [2.05, 4.69) is 33.7 Å². The number of guanidine groups is 1. The standard InChI is InChI=1S/C22H34N6O2.HI/c1-6-23-22(24-11-8-12-28-18(3)13-17(2)26-28)25-15-19-9-7-10-20(14-19)30-16-21(29)27(4)5;/h7,9-10,13-14H,6,8,11-12,15-16H2,1-5H3,(H2,23,24,25);1H. The number of carbonyl (C=O) groups excluding carboxylic acids is 1. The first-order chi connectivity index (χ1) is 14.4. The fraction of sp³-hybridized carbons (Fsp3) is 0.500. The molecular formula is C22H35IN6O2. The first-order valence-corrected chi connectivity index (χ1v) is 10.3. The van der Waals surface area contributed by atoms with Crippen LogP contribution < -0.4 is 15.4 Å². The zero-order valence-electron chi connectivity index (χ0n) is 19.1. The van der Waals surface area contributed by atoms with Gasteiger partial charge in [0.1, 0.15) is 5.75 Å². The van der Waals surface area contributed by atoms with Crippen LogP contribution in [-0.2, 0) is 17.9 Å². The molecule has 0 spiro atoms. The number of rotatable bonds is 10. The normalized spacial score (nSPS) is 10.9. The van der Waals surface area contributed by atoms with Crippen molar-refractivity contribution in [1.82, 2.24) is 25.3 Å². The second-order valence-electron chi connectivity index (χ2n) is 7.35. The maximum atomic E-state index is 11.7. The van der Waals surface area contributed by atoms with Gasteiger partial charge in [-0.25, -0.2) is 4.99 Å². The molecule has 1 aromatic heterocycles. The topological polar surface area (TPSA) is 83.8 Å². The van der Waals surface area contributed by atoms with Gasteiger partial charge in [0.05, 0.1) is 12.2 Å². The molecule has 0 aliphatic rings. The number of hydrogen-bond donors (Lipinski definition) is 2. The molecule has 0 atom stereocenters.